The highest BCUT2D eigenvalue weighted by Crippen LogP contribution is 2.10. The summed E-state index contributed by atoms with van der Waals surface area (Å²) in [5.74, 6) is -1.76. The number of nitrogens with zero attached hydrogens (tertiary/aromatic N) is 1. The fourth-order valence-electron chi connectivity index (χ4n) is 1.98. The summed E-state index contributed by atoms with van der Waals surface area (Å²) in [4.78, 5) is 35.7. The predicted octanol–water partition coefficient (Wildman–Crippen LogP) is -0.127. The van der Waals surface area contributed by atoms with Gasteiger partial charge in [0.2, 0.25) is 5.91 Å². The van der Waals surface area contributed by atoms with Gasteiger partial charge in [0, 0.05) is 20.1 Å². The molecule has 0 bridgehead atoms. The SMILES string of the molecule is CC(C)C(CNC(=O)NC1CCN(C)C1=O)C(=O)O. The lowest BCUT2D eigenvalue weighted by atomic mass is 9.96. The van der Waals surface area contributed by atoms with Crippen molar-refractivity contribution in [3.63, 3.8) is 0 Å². The van der Waals surface area contributed by atoms with Crippen molar-refractivity contribution in [2.45, 2.75) is 26.3 Å². The number of carboxylic acid groups (broad SMARTS) is 1. The number of rotatable bonds is 5. The Labute approximate surface area is 112 Å². The molecule has 0 spiro atoms. The summed E-state index contributed by atoms with van der Waals surface area (Å²) in [6.07, 6.45) is 0.579. The molecule has 7 heteroatoms. The maximum absolute atomic E-state index is 11.6. The first kappa shape index (κ1) is 15.3. The van der Waals surface area contributed by atoms with Crippen LogP contribution in [0.1, 0.15) is 20.3 Å². The monoisotopic (exact) mass is 271 g/mol. The molecule has 0 saturated carbocycles. The first-order valence-corrected chi connectivity index (χ1v) is 6.35. The standard InChI is InChI=1S/C12H21N3O4/c1-7(2)8(11(17)18)6-13-12(19)14-9-4-5-15(3)10(9)16/h7-9H,4-6H2,1-3H3,(H,17,18)(H2,13,14,19). The minimum atomic E-state index is -0.938. The van der Waals surface area contributed by atoms with E-state index in [9.17, 15) is 14.4 Å². The number of carbonyl (C=O) groups is 3. The van der Waals surface area contributed by atoms with Crippen molar-refractivity contribution in [2.24, 2.45) is 11.8 Å². The Bertz CT molecular complexity index is 370. The molecule has 1 saturated heterocycles. The van der Waals surface area contributed by atoms with Crippen molar-refractivity contribution in [1.82, 2.24) is 15.5 Å². The molecule has 108 valence electrons. The number of hydrogen-bond donors (Lipinski definition) is 3. The smallest absolute Gasteiger partial charge is 0.315 e. The fourth-order valence-corrected chi connectivity index (χ4v) is 1.98. The highest BCUT2D eigenvalue weighted by atomic mass is 16.4. The molecule has 0 radical (unpaired) electrons. The summed E-state index contributed by atoms with van der Waals surface area (Å²) in [6.45, 7) is 4.24. The van der Waals surface area contributed by atoms with E-state index in [2.05, 4.69) is 10.6 Å². The van der Waals surface area contributed by atoms with E-state index in [0.29, 0.717) is 13.0 Å². The third kappa shape index (κ3) is 4.11. The quantitative estimate of drug-likeness (QED) is 0.649. The number of carboxylic acids is 1. The molecule has 0 aromatic heterocycles. The van der Waals surface area contributed by atoms with Gasteiger partial charge in [-0.05, 0) is 12.3 Å². The van der Waals surface area contributed by atoms with Crippen LogP contribution in [-0.2, 0) is 9.59 Å². The van der Waals surface area contributed by atoms with Crippen molar-refractivity contribution in [3.05, 3.63) is 0 Å². The molecule has 2 atom stereocenters. The van der Waals surface area contributed by atoms with Crippen molar-refractivity contribution in [2.75, 3.05) is 20.1 Å². The van der Waals surface area contributed by atoms with E-state index < -0.39 is 24.0 Å². The highest BCUT2D eigenvalue weighted by molar-refractivity contribution is 5.88. The average Bonchev–Trinajstić information content (AvgIpc) is 2.60. The number of carbonyl (C=O) groups excluding carboxylic acids is 2. The van der Waals surface area contributed by atoms with Crippen LogP contribution in [0.3, 0.4) is 0 Å². The number of urea groups is 1. The predicted molar refractivity (Wildman–Crippen MR) is 68.5 cm³/mol. The normalized spacial score (nSPS) is 20.5. The van der Waals surface area contributed by atoms with Gasteiger partial charge in [0.15, 0.2) is 0 Å². The maximum Gasteiger partial charge on any atom is 0.315 e. The highest BCUT2D eigenvalue weighted by Gasteiger charge is 2.30. The third-order valence-corrected chi connectivity index (χ3v) is 3.34. The Balaban J connectivity index is 2.39. The van der Waals surface area contributed by atoms with Crippen LogP contribution in [-0.4, -0.2) is 54.1 Å². The van der Waals surface area contributed by atoms with Gasteiger partial charge in [-0.15, -0.1) is 0 Å². The number of aliphatic carboxylic acids is 1. The third-order valence-electron chi connectivity index (χ3n) is 3.34. The molecule has 2 unspecified atom stereocenters. The van der Waals surface area contributed by atoms with Gasteiger partial charge in [-0.1, -0.05) is 13.8 Å². The molecule has 3 N–H and O–H groups in total. The summed E-state index contributed by atoms with van der Waals surface area (Å²) in [6, 6.07) is -1.01. The van der Waals surface area contributed by atoms with E-state index in [1.54, 1.807) is 25.8 Å². The van der Waals surface area contributed by atoms with E-state index in [4.69, 9.17) is 5.11 Å². The first-order chi connectivity index (χ1) is 8.82. The molecule has 1 fully saturated rings. The molecular weight excluding hydrogens is 250 g/mol. The second-order valence-corrected chi connectivity index (χ2v) is 5.14. The van der Waals surface area contributed by atoms with Crippen LogP contribution in [0.5, 0.6) is 0 Å². The number of likely N-dealkylation sites (tertiary alicyclic amines) is 1. The Kier molecular flexibility index (Phi) is 5.14. The lowest BCUT2D eigenvalue weighted by molar-refractivity contribution is -0.143. The molecule has 1 rings (SSSR count). The van der Waals surface area contributed by atoms with E-state index in [1.807, 2.05) is 0 Å². The van der Waals surface area contributed by atoms with Gasteiger partial charge in [0.05, 0.1) is 5.92 Å². The zero-order valence-electron chi connectivity index (χ0n) is 11.5. The summed E-state index contributed by atoms with van der Waals surface area (Å²) < 4.78 is 0. The van der Waals surface area contributed by atoms with Gasteiger partial charge >= 0.3 is 12.0 Å². The van der Waals surface area contributed by atoms with Crippen molar-refractivity contribution >= 4 is 17.9 Å². The maximum atomic E-state index is 11.6. The Morgan fingerprint density at radius 2 is 2.11 bits per heavy atom. The number of amides is 3. The van der Waals surface area contributed by atoms with Gasteiger partial charge in [-0.3, -0.25) is 9.59 Å². The second kappa shape index (κ2) is 6.40. The van der Waals surface area contributed by atoms with Crippen LogP contribution in [0.2, 0.25) is 0 Å². The van der Waals surface area contributed by atoms with Crippen LogP contribution in [0.25, 0.3) is 0 Å². The molecular formula is C12H21N3O4. The van der Waals surface area contributed by atoms with Gasteiger partial charge < -0.3 is 20.6 Å². The number of likely N-dealkylation sites (N-methyl/N-ethyl adjacent to an activating group) is 1. The van der Waals surface area contributed by atoms with Crippen molar-refractivity contribution in [1.29, 1.82) is 0 Å². The van der Waals surface area contributed by atoms with Crippen LogP contribution >= 0.6 is 0 Å². The molecule has 1 heterocycles. The minimum Gasteiger partial charge on any atom is -0.481 e. The minimum absolute atomic E-state index is 0.0512. The molecule has 19 heavy (non-hydrogen) atoms. The lowest BCUT2D eigenvalue weighted by Crippen LogP contribution is -2.47. The molecule has 0 aromatic rings. The second-order valence-electron chi connectivity index (χ2n) is 5.14. The zero-order valence-corrected chi connectivity index (χ0v) is 11.5. The van der Waals surface area contributed by atoms with Gasteiger partial charge in [0.1, 0.15) is 6.04 Å². The topological polar surface area (TPSA) is 98.7 Å². The Morgan fingerprint density at radius 1 is 1.47 bits per heavy atom. The van der Waals surface area contributed by atoms with Crippen LogP contribution in [0.15, 0.2) is 0 Å². The van der Waals surface area contributed by atoms with Gasteiger partial charge in [0.25, 0.3) is 0 Å². The van der Waals surface area contributed by atoms with E-state index in [-0.39, 0.29) is 18.4 Å². The summed E-state index contributed by atoms with van der Waals surface area (Å²) in [5.41, 5.74) is 0. The van der Waals surface area contributed by atoms with Crippen LogP contribution in [0, 0.1) is 11.8 Å². The van der Waals surface area contributed by atoms with E-state index in [1.165, 1.54) is 0 Å². The molecule has 1 aliphatic rings. The number of nitrogens with one attached hydrogen (secondary N) is 2. The fraction of sp³-hybridized carbons (Fsp3) is 0.750. The molecule has 7 nitrogen and oxygen atoms in total. The van der Waals surface area contributed by atoms with E-state index >= 15 is 0 Å². The Hall–Kier alpha value is -1.79. The summed E-state index contributed by atoms with van der Waals surface area (Å²) >= 11 is 0. The summed E-state index contributed by atoms with van der Waals surface area (Å²) in [7, 11) is 1.68. The van der Waals surface area contributed by atoms with Gasteiger partial charge in [-0.25, -0.2) is 4.79 Å². The van der Waals surface area contributed by atoms with Gasteiger partial charge in [-0.2, -0.15) is 0 Å². The molecule has 0 aromatic carbocycles. The number of hydrogen-bond acceptors (Lipinski definition) is 3. The largest absolute Gasteiger partial charge is 0.481 e. The molecule has 1 aliphatic heterocycles. The zero-order chi connectivity index (χ0) is 14.6. The van der Waals surface area contributed by atoms with Crippen LogP contribution in [0.4, 0.5) is 4.79 Å². The lowest BCUT2D eigenvalue weighted by Gasteiger charge is -2.18. The van der Waals surface area contributed by atoms with Crippen LogP contribution < -0.4 is 10.6 Å². The molecule has 0 aliphatic carbocycles. The molecule has 3 amide bonds. The first-order valence-electron chi connectivity index (χ1n) is 6.35. The van der Waals surface area contributed by atoms with Crippen molar-refractivity contribution < 1.29 is 19.5 Å². The summed E-state index contributed by atoms with van der Waals surface area (Å²) in [5, 5.41) is 14.0. The van der Waals surface area contributed by atoms with E-state index in [0.717, 1.165) is 0 Å². The Morgan fingerprint density at radius 3 is 2.53 bits per heavy atom. The van der Waals surface area contributed by atoms with Crippen molar-refractivity contribution in [3.8, 4) is 0 Å². The average molecular weight is 271 g/mol.